The van der Waals surface area contributed by atoms with Crippen LogP contribution in [0.1, 0.15) is 91.4 Å². The maximum atomic E-state index is 11.9. The fourth-order valence-corrected chi connectivity index (χ4v) is 2.77. The Kier molecular flexibility index (Phi) is 17.3. The molecule has 0 aliphatic rings. The zero-order chi connectivity index (χ0) is 21.0. The fraction of sp³-hybridized carbons (Fsp3) is 0.667. The molecule has 0 aliphatic heterocycles. The highest BCUT2D eigenvalue weighted by molar-refractivity contribution is 5.83. The first-order valence-corrected chi connectivity index (χ1v) is 11.0. The number of carboxylic acid groups (broad SMARTS) is 1. The lowest BCUT2D eigenvalue weighted by atomic mass is 9.99. The van der Waals surface area contributed by atoms with Crippen molar-refractivity contribution in [2.24, 2.45) is 5.92 Å². The first-order chi connectivity index (χ1) is 13.5. The average molecular weight is 392 g/mol. The minimum Gasteiger partial charge on any atom is -0.480 e. The van der Waals surface area contributed by atoms with Crippen molar-refractivity contribution in [2.45, 2.75) is 97.4 Å². The molecule has 28 heavy (non-hydrogen) atoms. The molecule has 2 N–H and O–H groups in total. The SMILES string of the molecule is CCCCC/C=C\C/C=C\C/C=C\CCCCC(=O)N[C@H](C(=O)O)[C@@H](C)CC. The smallest absolute Gasteiger partial charge is 0.326 e. The third kappa shape index (κ3) is 15.2. The van der Waals surface area contributed by atoms with Crippen LogP contribution in [0.5, 0.6) is 0 Å². The van der Waals surface area contributed by atoms with Crippen molar-refractivity contribution in [1.82, 2.24) is 5.32 Å². The molecule has 0 radical (unpaired) electrons. The van der Waals surface area contributed by atoms with E-state index in [2.05, 4.69) is 48.7 Å². The Labute approximate surface area is 172 Å². The second-order valence-corrected chi connectivity index (χ2v) is 7.40. The van der Waals surface area contributed by atoms with E-state index in [1.165, 1.54) is 25.7 Å². The zero-order valence-electron chi connectivity index (χ0n) is 18.2. The number of carbonyl (C=O) groups is 2. The monoisotopic (exact) mass is 391 g/mol. The summed E-state index contributed by atoms with van der Waals surface area (Å²) in [6.45, 7) is 6.00. The van der Waals surface area contributed by atoms with E-state index in [1.807, 2.05) is 13.8 Å². The molecule has 0 fully saturated rings. The van der Waals surface area contributed by atoms with E-state index < -0.39 is 12.0 Å². The van der Waals surface area contributed by atoms with Crippen LogP contribution in [0.15, 0.2) is 36.5 Å². The van der Waals surface area contributed by atoms with Crippen molar-refractivity contribution in [2.75, 3.05) is 0 Å². The van der Waals surface area contributed by atoms with Crippen molar-refractivity contribution in [3.8, 4) is 0 Å². The van der Waals surface area contributed by atoms with Crippen LogP contribution in [-0.4, -0.2) is 23.0 Å². The lowest BCUT2D eigenvalue weighted by Crippen LogP contribution is -2.44. The van der Waals surface area contributed by atoms with E-state index in [-0.39, 0.29) is 11.8 Å². The molecule has 0 aromatic heterocycles. The second kappa shape index (κ2) is 18.5. The van der Waals surface area contributed by atoms with Gasteiger partial charge in [-0.1, -0.05) is 76.5 Å². The van der Waals surface area contributed by atoms with Gasteiger partial charge in [0, 0.05) is 6.42 Å². The number of carbonyl (C=O) groups excluding carboxylic acids is 1. The Morgan fingerprint density at radius 3 is 1.89 bits per heavy atom. The van der Waals surface area contributed by atoms with E-state index >= 15 is 0 Å². The first kappa shape index (κ1) is 26.2. The Bertz CT molecular complexity index is 494. The summed E-state index contributed by atoms with van der Waals surface area (Å²) in [7, 11) is 0. The standard InChI is InChI=1S/C24H41NO3/c1-4-6-7-8-9-10-11-12-13-14-15-16-17-18-19-20-22(26)25-23(24(27)28)21(3)5-2/h9-10,12-13,15-16,21,23H,4-8,11,14,17-20H2,1-3H3,(H,25,26)(H,27,28)/b10-9-,13-12-,16-15-/t21-,23-/m0/s1. The minimum absolute atomic E-state index is 0.0611. The molecule has 0 spiro atoms. The molecule has 0 unspecified atom stereocenters. The highest BCUT2D eigenvalue weighted by Crippen LogP contribution is 2.09. The maximum absolute atomic E-state index is 11.9. The highest BCUT2D eigenvalue weighted by Gasteiger charge is 2.24. The van der Waals surface area contributed by atoms with Gasteiger partial charge in [0.05, 0.1) is 0 Å². The lowest BCUT2D eigenvalue weighted by molar-refractivity contribution is -0.143. The number of rotatable bonds is 17. The maximum Gasteiger partial charge on any atom is 0.326 e. The van der Waals surface area contributed by atoms with Gasteiger partial charge in [-0.3, -0.25) is 4.79 Å². The summed E-state index contributed by atoms with van der Waals surface area (Å²) in [5, 5.41) is 11.8. The molecule has 0 bridgehead atoms. The van der Waals surface area contributed by atoms with Crippen LogP contribution < -0.4 is 5.32 Å². The van der Waals surface area contributed by atoms with Crippen molar-refractivity contribution in [3.63, 3.8) is 0 Å². The molecule has 0 aromatic carbocycles. The Balaban J connectivity index is 3.72. The normalized spacial score (nSPS) is 14.1. The van der Waals surface area contributed by atoms with Gasteiger partial charge in [-0.25, -0.2) is 4.79 Å². The number of nitrogens with one attached hydrogen (secondary N) is 1. The van der Waals surface area contributed by atoms with Crippen molar-refractivity contribution in [3.05, 3.63) is 36.5 Å². The van der Waals surface area contributed by atoms with Gasteiger partial charge in [-0.2, -0.15) is 0 Å². The molecule has 0 aromatic rings. The third-order valence-electron chi connectivity index (χ3n) is 4.84. The fourth-order valence-electron chi connectivity index (χ4n) is 2.77. The molecule has 0 saturated carbocycles. The number of allylic oxidation sites excluding steroid dienone is 6. The minimum atomic E-state index is -0.953. The van der Waals surface area contributed by atoms with Gasteiger partial charge in [0.15, 0.2) is 0 Å². The molecule has 1 amide bonds. The largest absolute Gasteiger partial charge is 0.480 e. The van der Waals surface area contributed by atoms with Crippen LogP contribution in [0.4, 0.5) is 0 Å². The Morgan fingerprint density at radius 1 is 0.857 bits per heavy atom. The molecular weight excluding hydrogens is 350 g/mol. The first-order valence-electron chi connectivity index (χ1n) is 11.0. The van der Waals surface area contributed by atoms with Crippen LogP contribution in [0.25, 0.3) is 0 Å². The highest BCUT2D eigenvalue weighted by atomic mass is 16.4. The van der Waals surface area contributed by atoms with Crippen LogP contribution >= 0.6 is 0 Å². The quantitative estimate of drug-likeness (QED) is 0.229. The topological polar surface area (TPSA) is 66.4 Å². The van der Waals surface area contributed by atoms with Crippen LogP contribution in [0.2, 0.25) is 0 Å². The summed E-state index contributed by atoms with van der Waals surface area (Å²) >= 11 is 0. The molecule has 0 heterocycles. The number of hydrogen-bond acceptors (Lipinski definition) is 2. The van der Waals surface area contributed by atoms with Gasteiger partial charge in [0.25, 0.3) is 0 Å². The summed E-state index contributed by atoms with van der Waals surface area (Å²) < 4.78 is 0. The van der Waals surface area contributed by atoms with Gasteiger partial charge >= 0.3 is 5.97 Å². The zero-order valence-corrected chi connectivity index (χ0v) is 18.2. The van der Waals surface area contributed by atoms with Gasteiger partial charge in [-0.05, 0) is 50.9 Å². The summed E-state index contributed by atoms with van der Waals surface area (Å²) in [6.07, 6.45) is 24.0. The van der Waals surface area contributed by atoms with Crippen LogP contribution in [-0.2, 0) is 9.59 Å². The summed E-state index contributed by atoms with van der Waals surface area (Å²) in [5.74, 6) is -1.18. The van der Waals surface area contributed by atoms with E-state index in [9.17, 15) is 14.7 Å². The predicted octanol–water partition coefficient (Wildman–Crippen LogP) is 6.19. The van der Waals surface area contributed by atoms with Crippen LogP contribution in [0.3, 0.4) is 0 Å². The molecular formula is C24H41NO3. The number of carboxylic acids is 1. The predicted molar refractivity (Wildman–Crippen MR) is 118 cm³/mol. The molecule has 0 aliphatic carbocycles. The second-order valence-electron chi connectivity index (χ2n) is 7.40. The van der Waals surface area contributed by atoms with Crippen molar-refractivity contribution in [1.29, 1.82) is 0 Å². The van der Waals surface area contributed by atoms with Crippen molar-refractivity contribution < 1.29 is 14.7 Å². The summed E-state index contributed by atoms with van der Waals surface area (Å²) in [5.41, 5.74) is 0. The average Bonchev–Trinajstić information content (AvgIpc) is 2.68. The molecule has 0 rings (SSSR count). The van der Waals surface area contributed by atoms with E-state index in [1.54, 1.807) is 0 Å². The van der Waals surface area contributed by atoms with Crippen LogP contribution in [0, 0.1) is 5.92 Å². The third-order valence-corrected chi connectivity index (χ3v) is 4.84. The number of amides is 1. The Morgan fingerprint density at radius 2 is 1.39 bits per heavy atom. The lowest BCUT2D eigenvalue weighted by Gasteiger charge is -2.20. The number of unbranched alkanes of at least 4 members (excludes halogenated alkanes) is 5. The van der Waals surface area contributed by atoms with E-state index in [4.69, 9.17) is 0 Å². The van der Waals surface area contributed by atoms with E-state index in [0.29, 0.717) is 6.42 Å². The van der Waals surface area contributed by atoms with E-state index in [0.717, 1.165) is 38.5 Å². The van der Waals surface area contributed by atoms with Gasteiger partial charge in [0.1, 0.15) is 6.04 Å². The molecule has 4 nitrogen and oxygen atoms in total. The van der Waals surface area contributed by atoms with Gasteiger partial charge < -0.3 is 10.4 Å². The molecule has 2 atom stereocenters. The van der Waals surface area contributed by atoms with Crippen molar-refractivity contribution >= 4 is 11.9 Å². The summed E-state index contributed by atoms with van der Waals surface area (Å²) in [4.78, 5) is 23.1. The molecule has 4 heteroatoms. The summed E-state index contributed by atoms with van der Waals surface area (Å²) in [6, 6.07) is -0.782. The van der Waals surface area contributed by atoms with Gasteiger partial charge in [-0.15, -0.1) is 0 Å². The number of hydrogen-bond donors (Lipinski definition) is 2. The molecule has 160 valence electrons. The molecule has 0 saturated heterocycles. The van der Waals surface area contributed by atoms with Gasteiger partial charge in [0.2, 0.25) is 5.91 Å². The Hall–Kier alpha value is -1.84. The number of aliphatic carboxylic acids is 1.